The molecule has 3 N–H and O–H groups in total. The summed E-state index contributed by atoms with van der Waals surface area (Å²) in [6.07, 6.45) is 10.9. The topological polar surface area (TPSA) is 38.0 Å². The summed E-state index contributed by atoms with van der Waals surface area (Å²) in [5.74, 6) is 5.30. The molecule has 0 aromatic heterocycles. The lowest BCUT2D eigenvalue weighted by Crippen LogP contribution is -2.32. The van der Waals surface area contributed by atoms with E-state index in [0.717, 1.165) is 0 Å². The van der Waals surface area contributed by atoms with Crippen LogP contribution in [0.4, 0.5) is 0 Å². The molecule has 2 heteroatoms. The van der Waals surface area contributed by atoms with Gasteiger partial charge in [-0.2, -0.15) is 0 Å². The Morgan fingerprint density at radius 1 is 1.00 bits per heavy atom. The van der Waals surface area contributed by atoms with E-state index in [2.05, 4.69) is 19.3 Å². The molecule has 0 aliphatic carbocycles. The van der Waals surface area contributed by atoms with Gasteiger partial charge in [0.1, 0.15) is 0 Å². The Bertz CT molecular complexity index is 94.1. The molecule has 0 amide bonds. The van der Waals surface area contributed by atoms with Crippen molar-refractivity contribution in [3.63, 3.8) is 0 Å². The van der Waals surface area contributed by atoms with Crippen LogP contribution in [-0.4, -0.2) is 6.04 Å². The number of hydrogen-bond donors (Lipinski definition) is 2. The molecule has 0 saturated carbocycles. The molecule has 2 nitrogen and oxygen atoms in total. The third-order valence-electron chi connectivity index (χ3n) is 2.53. The summed E-state index contributed by atoms with van der Waals surface area (Å²) in [7, 11) is 0. The zero-order chi connectivity index (χ0) is 9.94. The van der Waals surface area contributed by atoms with Crippen molar-refractivity contribution < 1.29 is 0 Å². The number of unbranched alkanes of at least 4 members (excludes halogenated alkanes) is 6. The van der Waals surface area contributed by atoms with Crippen molar-refractivity contribution in [2.75, 3.05) is 0 Å². The maximum absolute atomic E-state index is 5.30. The summed E-state index contributed by atoms with van der Waals surface area (Å²) in [4.78, 5) is 0. The van der Waals surface area contributed by atoms with Gasteiger partial charge in [-0.3, -0.25) is 11.3 Å². The number of nitrogens with two attached hydrogens (primary N) is 1. The molecule has 1 atom stereocenters. The highest BCUT2D eigenvalue weighted by atomic mass is 15.2. The smallest absolute Gasteiger partial charge is 0.0182 e. The average Bonchev–Trinajstić information content (AvgIpc) is 2.16. The second-order valence-corrected chi connectivity index (χ2v) is 3.98. The van der Waals surface area contributed by atoms with Gasteiger partial charge >= 0.3 is 0 Å². The van der Waals surface area contributed by atoms with Gasteiger partial charge in [0, 0.05) is 6.04 Å². The largest absolute Gasteiger partial charge is 0.271 e. The van der Waals surface area contributed by atoms with Crippen LogP contribution in [0, 0.1) is 0 Å². The predicted molar refractivity (Wildman–Crippen MR) is 59.4 cm³/mol. The fourth-order valence-corrected chi connectivity index (χ4v) is 1.49. The van der Waals surface area contributed by atoms with Crippen molar-refractivity contribution in [2.24, 2.45) is 5.84 Å². The van der Waals surface area contributed by atoms with Crippen LogP contribution in [0.3, 0.4) is 0 Å². The molecule has 0 radical (unpaired) electrons. The Kier molecular flexibility index (Phi) is 9.94. The summed E-state index contributed by atoms with van der Waals surface area (Å²) < 4.78 is 0. The fraction of sp³-hybridized carbons (Fsp3) is 1.00. The normalized spacial score (nSPS) is 13.2. The molecule has 0 bridgehead atoms. The van der Waals surface area contributed by atoms with Crippen molar-refractivity contribution in [1.82, 2.24) is 5.43 Å². The van der Waals surface area contributed by atoms with Crippen molar-refractivity contribution in [3.8, 4) is 0 Å². The third kappa shape index (κ3) is 9.84. The van der Waals surface area contributed by atoms with E-state index in [0.29, 0.717) is 6.04 Å². The molecule has 0 aromatic carbocycles. The molecule has 0 fully saturated rings. The SMILES string of the molecule is CCCCCCCCCC(C)NN. The van der Waals surface area contributed by atoms with Gasteiger partial charge in [-0.25, -0.2) is 0 Å². The van der Waals surface area contributed by atoms with E-state index in [9.17, 15) is 0 Å². The van der Waals surface area contributed by atoms with Gasteiger partial charge in [0.2, 0.25) is 0 Å². The molecule has 0 aromatic rings. The Balaban J connectivity index is 2.91. The molecule has 80 valence electrons. The summed E-state index contributed by atoms with van der Waals surface area (Å²) >= 11 is 0. The van der Waals surface area contributed by atoms with Gasteiger partial charge in [0.15, 0.2) is 0 Å². The standard InChI is InChI=1S/C11H26N2/c1-3-4-5-6-7-8-9-10-11(2)13-12/h11,13H,3-10,12H2,1-2H3. The molecule has 0 saturated heterocycles. The summed E-state index contributed by atoms with van der Waals surface area (Å²) in [5, 5.41) is 0. The minimum absolute atomic E-state index is 0.482. The number of hydrogen-bond acceptors (Lipinski definition) is 2. The molecule has 0 heterocycles. The molecule has 0 aliphatic heterocycles. The minimum atomic E-state index is 0.482. The van der Waals surface area contributed by atoms with Gasteiger partial charge in [-0.05, 0) is 13.3 Å². The highest BCUT2D eigenvalue weighted by Crippen LogP contribution is 2.09. The maximum Gasteiger partial charge on any atom is 0.0182 e. The Morgan fingerprint density at radius 2 is 1.54 bits per heavy atom. The highest BCUT2D eigenvalue weighted by Gasteiger charge is 1.97. The van der Waals surface area contributed by atoms with E-state index in [-0.39, 0.29) is 0 Å². The van der Waals surface area contributed by atoms with E-state index in [1.54, 1.807) is 0 Å². The van der Waals surface area contributed by atoms with E-state index < -0.39 is 0 Å². The van der Waals surface area contributed by atoms with Crippen LogP contribution in [0.1, 0.15) is 65.2 Å². The summed E-state index contributed by atoms with van der Waals surface area (Å²) in [6.45, 7) is 4.39. The van der Waals surface area contributed by atoms with Crippen molar-refractivity contribution >= 4 is 0 Å². The zero-order valence-corrected chi connectivity index (χ0v) is 9.31. The molecule has 0 rings (SSSR count). The van der Waals surface area contributed by atoms with Crippen LogP contribution in [-0.2, 0) is 0 Å². The molecule has 0 spiro atoms. The Morgan fingerprint density at radius 3 is 2.08 bits per heavy atom. The lowest BCUT2D eigenvalue weighted by atomic mass is 10.1. The lowest BCUT2D eigenvalue weighted by molar-refractivity contribution is 0.488. The second kappa shape index (κ2) is 10.0. The van der Waals surface area contributed by atoms with E-state index in [1.807, 2.05) is 0 Å². The third-order valence-corrected chi connectivity index (χ3v) is 2.53. The zero-order valence-electron chi connectivity index (χ0n) is 9.31. The van der Waals surface area contributed by atoms with Crippen LogP contribution >= 0.6 is 0 Å². The highest BCUT2D eigenvalue weighted by molar-refractivity contribution is 4.55. The van der Waals surface area contributed by atoms with Crippen molar-refractivity contribution in [2.45, 2.75) is 71.3 Å². The predicted octanol–water partition coefficient (Wildman–Crippen LogP) is 2.98. The molecular formula is C11H26N2. The van der Waals surface area contributed by atoms with E-state index in [1.165, 1.54) is 51.4 Å². The van der Waals surface area contributed by atoms with E-state index >= 15 is 0 Å². The van der Waals surface area contributed by atoms with Crippen LogP contribution in [0.15, 0.2) is 0 Å². The lowest BCUT2D eigenvalue weighted by Gasteiger charge is -2.08. The van der Waals surface area contributed by atoms with Crippen molar-refractivity contribution in [3.05, 3.63) is 0 Å². The fourth-order valence-electron chi connectivity index (χ4n) is 1.49. The van der Waals surface area contributed by atoms with E-state index in [4.69, 9.17) is 5.84 Å². The first-order valence-electron chi connectivity index (χ1n) is 5.77. The minimum Gasteiger partial charge on any atom is -0.271 e. The van der Waals surface area contributed by atoms with Crippen LogP contribution in [0.5, 0.6) is 0 Å². The first-order chi connectivity index (χ1) is 6.31. The molecule has 1 unspecified atom stereocenters. The van der Waals surface area contributed by atoms with Gasteiger partial charge < -0.3 is 0 Å². The quantitative estimate of drug-likeness (QED) is 0.330. The number of nitrogens with one attached hydrogen (secondary N) is 1. The number of rotatable bonds is 9. The van der Waals surface area contributed by atoms with Crippen LogP contribution in [0.2, 0.25) is 0 Å². The Hall–Kier alpha value is -0.0800. The van der Waals surface area contributed by atoms with Gasteiger partial charge in [0.05, 0.1) is 0 Å². The number of hydrazine groups is 1. The van der Waals surface area contributed by atoms with Gasteiger partial charge in [0.25, 0.3) is 0 Å². The maximum atomic E-state index is 5.30. The first kappa shape index (κ1) is 12.9. The van der Waals surface area contributed by atoms with Crippen molar-refractivity contribution in [1.29, 1.82) is 0 Å². The molecular weight excluding hydrogens is 160 g/mol. The molecule has 13 heavy (non-hydrogen) atoms. The van der Waals surface area contributed by atoms with Gasteiger partial charge in [-0.15, -0.1) is 0 Å². The first-order valence-corrected chi connectivity index (χ1v) is 5.77. The van der Waals surface area contributed by atoms with Gasteiger partial charge in [-0.1, -0.05) is 51.9 Å². The van der Waals surface area contributed by atoms with Crippen LogP contribution in [0.25, 0.3) is 0 Å². The second-order valence-electron chi connectivity index (χ2n) is 3.98. The Labute approximate surface area is 83.2 Å². The average molecular weight is 186 g/mol. The summed E-state index contributed by atoms with van der Waals surface area (Å²) in [5.41, 5.74) is 2.78. The molecule has 0 aliphatic rings. The monoisotopic (exact) mass is 186 g/mol. The van der Waals surface area contributed by atoms with Crippen LogP contribution < -0.4 is 11.3 Å². The summed E-state index contributed by atoms with van der Waals surface area (Å²) in [6, 6.07) is 0.482.